The fourth-order valence-electron chi connectivity index (χ4n) is 1.12. The lowest BCUT2D eigenvalue weighted by Gasteiger charge is -2.19. The van der Waals surface area contributed by atoms with Crippen molar-refractivity contribution in [2.45, 2.75) is 26.3 Å². The molecule has 1 aromatic rings. The molecule has 1 amide bonds. The van der Waals surface area contributed by atoms with Crippen LogP contribution < -0.4 is 11.1 Å². The molecule has 0 fully saturated rings. The van der Waals surface area contributed by atoms with Gasteiger partial charge in [-0.15, -0.1) is 6.42 Å². The highest BCUT2D eigenvalue weighted by Crippen LogP contribution is 2.13. The minimum atomic E-state index is -0.701. The van der Waals surface area contributed by atoms with E-state index in [2.05, 4.69) is 21.4 Å². The van der Waals surface area contributed by atoms with Gasteiger partial charge in [-0.05, 0) is 20.8 Å². The van der Waals surface area contributed by atoms with E-state index in [1.165, 1.54) is 0 Å². The first-order valence-electron chi connectivity index (χ1n) is 4.48. The Hall–Kier alpha value is -1.96. The normalized spacial score (nSPS) is 10.8. The second-order valence-electron chi connectivity index (χ2n) is 3.83. The number of rotatable bonds is 2. The van der Waals surface area contributed by atoms with Crippen LogP contribution in [0.15, 0.2) is 0 Å². The largest absolute Gasteiger partial charge is 0.382 e. The number of hydrogen-bond donors (Lipinski definition) is 3. The standard InChI is InChI=1S/C10H14N4O/c1-5-10(3,4)12-9(15)7-6(2)13-14-8(7)11/h1H,2-4H3,(H,12,15)(H3,11,13,14). The zero-order valence-corrected chi connectivity index (χ0v) is 9.01. The summed E-state index contributed by atoms with van der Waals surface area (Å²) in [5.41, 5.74) is 5.82. The number of aromatic nitrogens is 2. The molecule has 0 aliphatic rings. The highest BCUT2D eigenvalue weighted by atomic mass is 16.1. The summed E-state index contributed by atoms with van der Waals surface area (Å²) in [6, 6.07) is 0. The van der Waals surface area contributed by atoms with E-state index >= 15 is 0 Å². The molecule has 0 atom stereocenters. The number of anilines is 1. The monoisotopic (exact) mass is 206 g/mol. The summed E-state index contributed by atoms with van der Waals surface area (Å²) < 4.78 is 0. The van der Waals surface area contributed by atoms with Gasteiger partial charge in [0.05, 0.1) is 5.54 Å². The fourth-order valence-corrected chi connectivity index (χ4v) is 1.12. The topological polar surface area (TPSA) is 83.8 Å². The third-order valence-electron chi connectivity index (χ3n) is 1.99. The lowest BCUT2D eigenvalue weighted by atomic mass is 10.1. The summed E-state index contributed by atoms with van der Waals surface area (Å²) in [4.78, 5) is 11.8. The molecule has 5 heteroatoms. The number of hydrogen-bond acceptors (Lipinski definition) is 3. The van der Waals surface area contributed by atoms with Crippen LogP contribution in [-0.2, 0) is 0 Å². The number of nitrogens with two attached hydrogens (primary N) is 1. The third kappa shape index (κ3) is 2.29. The maximum Gasteiger partial charge on any atom is 0.258 e. The van der Waals surface area contributed by atoms with Crippen LogP contribution in [0.5, 0.6) is 0 Å². The van der Waals surface area contributed by atoms with E-state index < -0.39 is 5.54 Å². The number of terminal acetylenes is 1. The molecule has 15 heavy (non-hydrogen) atoms. The summed E-state index contributed by atoms with van der Waals surface area (Å²) in [6.07, 6.45) is 5.26. The van der Waals surface area contributed by atoms with Gasteiger partial charge in [-0.3, -0.25) is 9.89 Å². The Labute approximate surface area is 88.4 Å². The van der Waals surface area contributed by atoms with E-state index in [-0.39, 0.29) is 11.7 Å². The molecule has 1 heterocycles. The molecule has 1 rings (SSSR count). The minimum Gasteiger partial charge on any atom is -0.382 e. The molecule has 0 unspecified atom stereocenters. The molecule has 0 bridgehead atoms. The Balaban J connectivity index is 2.93. The molecule has 5 nitrogen and oxygen atoms in total. The van der Waals surface area contributed by atoms with Gasteiger partial charge in [0.2, 0.25) is 0 Å². The quantitative estimate of drug-likeness (QED) is 0.614. The smallest absolute Gasteiger partial charge is 0.258 e. The highest BCUT2D eigenvalue weighted by Gasteiger charge is 2.22. The van der Waals surface area contributed by atoms with Crippen LogP contribution in [0.2, 0.25) is 0 Å². The Morgan fingerprint density at radius 2 is 2.27 bits per heavy atom. The number of aromatic amines is 1. The molecule has 0 saturated heterocycles. The van der Waals surface area contributed by atoms with Gasteiger partial charge >= 0.3 is 0 Å². The molecule has 0 aliphatic carbocycles. The maximum atomic E-state index is 11.8. The summed E-state index contributed by atoms with van der Waals surface area (Å²) in [5.74, 6) is 2.33. The molecule has 4 N–H and O–H groups in total. The van der Waals surface area contributed by atoms with Gasteiger partial charge in [0.1, 0.15) is 5.56 Å². The number of H-pyrrole nitrogens is 1. The number of aryl methyl sites for hydroxylation is 1. The van der Waals surface area contributed by atoms with Crippen LogP contribution in [0, 0.1) is 19.3 Å². The van der Waals surface area contributed by atoms with Crippen molar-refractivity contribution in [1.29, 1.82) is 0 Å². The molecule has 0 aliphatic heterocycles. The summed E-state index contributed by atoms with van der Waals surface area (Å²) in [5, 5.41) is 9.04. The van der Waals surface area contributed by atoms with Crippen LogP contribution in [0.1, 0.15) is 29.9 Å². The van der Waals surface area contributed by atoms with E-state index in [4.69, 9.17) is 12.2 Å². The first-order valence-corrected chi connectivity index (χ1v) is 4.48. The molecule has 0 spiro atoms. The number of carbonyl (C=O) groups is 1. The van der Waals surface area contributed by atoms with Crippen LogP contribution in [-0.4, -0.2) is 21.6 Å². The number of carbonyl (C=O) groups excluding carboxylic acids is 1. The average Bonchev–Trinajstić information content (AvgIpc) is 2.45. The first kappa shape index (κ1) is 11.1. The van der Waals surface area contributed by atoms with Gasteiger partial charge < -0.3 is 11.1 Å². The lowest BCUT2D eigenvalue weighted by molar-refractivity contribution is 0.0930. The Morgan fingerprint density at radius 3 is 2.67 bits per heavy atom. The molecule has 0 aromatic carbocycles. The number of nitrogens with zero attached hydrogens (tertiary/aromatic N) is 1. The third-order valence-corrected chi connectivity index (χ3v) is 1.99. The van der Waals surface area contributed by atoms with E-state index in [1.807, 2.05) is 0 Å². The van der Waals surface area contributed by atoms with E-state index in [9.17, 15) is 4.79 Å². The Kier molecular flexibility index (Phi) is 2.71. The van der Waals surface area contributed by atoms with Crippen molar-refractivity contribution < 1.29 is 4.79 Å². The number of nitrogen functional groups attached to an aromatic ring is 1. The lowest BCUT2D eigenvalue weighted by Crippen LogP contribution is -2.42. The van der Waals surface area contributed by atoms with E-state index in [0.29, 0.717) is 11.3 Å². The summed E-state index contributed by atoms with van der Waals surface area (Å²) >= 11 is 0. The molecule has 0 radical (unpaired) electrons. The number of amides is 1. The predicted molar refractivity (Wildman–Crippen MR) is 58.1 cm³/mol. The van der Waals surface area contributed by atoms with Crippen molar-refractivity contribution in [2.24, 2.45) is 0 Å². The van der Waals surface area contributed by atoms with Gasteiger partial charge in [0.15, 0.2) is 5.82 Å². The van der Waals surface area contributed by atoms with E-state index in [0.717, 1.165) is 0 Å². The molecular weight excluding hydrogens is 192 g/mol. The molecule has 80 valence electrons. The van der Waals surface area contributed by atoms with Crippen LogP contribution in [0.4, 0.5) is 5.82 Å². The van der Waals surface area contributed by atoms with Crippen molar-refractivity contribution >= 4 is 11.7 Å². The minimum absolute atomic E-state index is 0.179. The van der Waals surface area contributed by atoms with Crippen LogP contribution in [0.25, 0.3) is 0 Å². The SMILES string of the molecule is C#CC(C)(C)NC(=O)c1c(N)n[nH]c1C. The van der Waals surface area contributed by atoms with E-state index in [1.54, 1.807) is 20.8 Å². The Morgan fingerprint density at radius 1 is 1.67 bits per heavy atom. The maximum absolute atomic E-state index is 11.8. The summed E-state index contributed by atoms with van der Waals surface area (Å²) in [6.45, 7) is 5.19. The van der Waals surface area contributed by atoms with Gasteiger partial charge in [0.25, 0.3) is 5.91 Å². The van der Waals surface area contributed by atoms with Crippen molar-refractivity contribution in [1.82, 2.24) is 15.5 Å². The van der Waals surface area contributed by atoms with Gasteiger partial charge in [0, 0.05) is 5.69 Å². The van der Waals surface area contributed by atoms with Gasteiger partial charge in [-0.1, -0.05) is 5.92 Å². The molecule has 0 saturated carbocycles. The highest BCUT2D eigenvalue weighted by molar-refractivity contribution is 6.00. The zero-order valence-electron chi connectivity index (χ0n) is 9.01. The second kappa shape index (κ2) is 3.65. The summed E-state index contributed by atoms with van der Waals surface area (Å²) in [7, 11) is 0. The second-order valence-corrected chi connectivity index (χ2v) is 3.83. The van der Waals surface area contributed by atoms with Crippen molar-refractivity contribution in [3.63, 3.8) is 0 Å². The predicted octanol–water partition coefficient (Wildman–Crippen LogP) is 0.442. The van der Waals surface area contributed by atoms with Crippen LogP contribution >= 0.6 is 0 Å². The van der Waals surface area contributed by atoms with Crippen LogP contribution in [0.3, 0.4) is 0 Å². The first-order chi connectivity index (χ1) is 6.87. The van der Waals surface area contributed by atoms with Gasteiger partial charge in [-0.2, -0.15) is 5.10 Å². The molecular formula is C10H14N4O. The van der Waals surface area contributed by atoms with Crippen molar-refractivity contribution in [2.75, 3.05) is 5.73 Å². The zero-order chi connectivity index (χ0) is 11.6. The average molecular weight is 206 g/mol. The van der Waals surface area contributed by atoms with Crippen molar-refractivity contribution in [3.05, 3.63) is 11.3 Å². The fraction of sp³-hybridized carbons (Fsp3) is 0.400. The Bertz CT molecular complexity index is 406. The van der Waals surface area contributed by atoms with Gasteiger partial charge in [-0.25, -0.2) is 0 Å². The molecule has 1 aromatic heterocycles. The van der Waals surface area contributed by atoms with Crippen molar-refractivity contribution in [3.8, 4) is 12.3 Å². The number of nitrogens with one attached hydrogen (secondary N) is 2.